The van der Waals surface area contributed by atoms with Crippen LogP contribution in [-0.4, -0.2) is 38.4 Å². The van der Waals surface area contributed by atoms with E-state index in [1.54, 1.807) is 12.1 Å². The van der Waals surface area contributed by atoms with Gasteiger partial charge in [-0.15, -0.1) is 34.6 Å². The summed E-state index contributed by atoms with van der Waals surface area (Å²) in [4.78, 5) is 21.2. The highest BCUT2D eigenvalue weighted by molar-refractivity contribution is 7.07. The molecule has 3 aromatic carbocycles. The number of amides is 1. The zero-order chi connectivity index (χ0) is 31.4. The zero-order valence-electron chi connectivity index (χ0n) is 23.8. The smallest absolute Gasteiger partial charge is 0.444 e. The number of thiazole rings is 1. The second-order valence-corrected chi connectivity index (χ2v) is 11.0. The topological polar surface area (TPSA) is 83.5 Å². The van der Waals surface area contributed by atoms with Crippen LogP contribution in [0.4, 0.5) is 22.4 Å². The third kappa shape index (κ3) is 7.40. The van der Waals surface area contributed by atoms with Crippen LogP contribution in [0.15, 0.2) is 89.6 Å². The lowest BCUT2D eigenvalue weighted by molar-refractivity contribution is -0.274. The third-order valence-corrected chi connectivity index (χ3v) is 7.31. The molecule has 1 atom stereocenters. The Hall–Kier alpha value is -4.78. The summed E-state index contributed by atoms with van der Waals surface area (Å²) in [5, 5.41) is 6.16. The molecule has 5 aromatic rings. The molecule has 0 aliphatic heterocycles. The lowest BCUT2D eigenvalue weighted by Crippen LogP contribution is -2.17. The Bertz CT molecular complexity index is 1810. The van der Waals surface area contributed by atoms with Crippen molar-refractivity contribution in [2.45, 2.75) is 39.2 Å². The number of hydrogen-bond acceptors (Lipinski definition) is 6. The molecule has 0 fully saturated rings. The summed E-state index contributed by atoms with van der Waals surface area (Å²) in [5.41, 5.74) is 4.44. The number of benzene rings is 3. The first-order valence-corrected chi connectivity index (χ1v) is 14.4. The van der Waals surface area contributed by atoms with Crippen LogP contribution in [0.25, 0.3) is 22.8 Å². The Morgan fingerprint density at radius 1 is 1.05 bits per heavy atom. The fraction of sp³-hybridized carbons (Fsp3) is 0.226. The van der Waals surface area contributed by atoms with E-state index in [-0.39, 0.29) is 17.2 Å². The molecule has 0 spiro atoms. The first kappa shape index (κ1) is 30.7. The van der Waals surface area contributed by atoms with Crippen LogP contribution in [0.1, 0.15) is 42.6 Å². The fourth-order valence-electron chi connectivity index (χ4n) is 4.40. The van der Waals surface area contributed by atoms with Crippen LogP contribution in [-0.2, 0) is 4.74 Å². The highest BCUT2D eigenvalue weighted by Crippen LogP contribution is 2.26. The number of hydrogen-bond donors (Lipinski definition) is 0. The van der Waals surface area contributed by atoms with Gasteiger partial charge in [0.1, 0.15) is 18.7 Å². The molecule has 0 saturated heterocycles. The molecule has 0 saturated carbocycles. The van der Waals surface area contributed by atoms with E-state index in [0.717, 1.165) is 16.8 Å². The Labute approximate surface area is 253 Å². The van der Waals surface area contributed by atoms with E-state index in [9.17, 15) is 22.4 Å². The highest BCUT2D eigenvalue weighted by atomic mass is 32.1. The minimum atomic E-state index is -4.78. The van der Waals surface area contributed by atoms with Crippen LogP contribution in [0, 0.1) is 6.92 Å². The van der Waals surface area contributed by atoms with Gasteiger partial charge in [-0.2, -0.15) is 0 Å². The summed E-state index contributed by atoms with van der Waals surface area (Å²) in [6, 6.07) is 17.6. The first-order chi connectivity index (χ1) is 21.0. The van der Waals surface area contributed by atoms with Crippen molar-refractivity contribution in [3.8, 4) is 28.5 Å². The van der Waals surface area contributed by atoms with E-state index in [0.29, 0.717) is 21.9 Å². The lowest BCUT2D eigenvalue weighted by atomic mass is 9.99. The van der Waals surface area contributed by atoms with Gasteiger partial charge >= 0.3 is 12.5 Å². The van der Waals surface area contributed by atoms with Crippen LogP contribution in [0.5, 0.6) is 5.75 Å². The monoisotopic (exact) mass is 625 g/mol. The number of aryl methyl sites for hydroxylation is 1. The molecule has 2 heterocycles. The van der Waals surface area contributed by atoms with E-state index in [1.807, 2.05) is 35.2 Å². The Kier molecular flexibility index (Phi) is 8.95. The normalized spacial score (nSPS) is 12.9. The van der Waals surface area contributed by atoms with Gasteiger partial charge in [-0.3, -0.25) is 4.57 Å². The SMILES string of the molecule is Cc1ccc(C(C)C)c(-n2ccsc2=NC(=O)OCC(F)c2ccc(-c3ncn(-c4ccc(OC(F)(F)F)cc4)n3)cc2)c1. The fourth-order valence-corrected chi connectivity index (χ4v) is 5.10. The number of aromatic nitrogens is 4. The summed E-state index contributed by atoms with van der Waals surface area (Å²) < 4.78 is 64.4. The van der Waals surface area contributed by atoms with Gasteiger partial charge in [-0.25, -0.2) is 18.9 Å². The number of carbonyl (C=O) groups excluding carboxylic acids is 1. The van der Waals surface area contributed by atoms with E-state index in [1.165, 1.54) is 58.7 Å². The van der Waals surface area contributed by atoms with Crippen molar-refractivity contribution in [3.63, 3.8) is 0 Å². The maximum Gasteiger partial charge on any atom is 0.573 e. The summed E-state index contributed by atoms with van der Waals surface area (Å²) in [5.74, 6) is 0.228. The van der Waals surface area contributed by atoms with E-state index in [4.69, 9.17) is 4.74 Å². The summed E-state index contributed by atoms with van der Waals surface area (Å²) in [6.45, 7) is 5.65. The molecule has 44 heavy (non-hydrogen) atoms. The number of rotatable bonds is 8. The van der Waals surface area contributed by atoms with Gasteiger partial charge in [0, 0.05) is 17.1 Å². The highest BCUT2D eigenvalue weighted by Gasteiger charge is 2.31. The Morgan fingerprint density at radius 2 is 1.77 bits per heavy atom. The lowest BCUT2D eigenvalue weighted by Gasteiger charge is -2.14. The Balaban J connectivity index is 1.22. The molecule has 1 unspecified atom stereocenters. The molecule has 5 rings (SSSR count). The van der Waals surface area contributed by atoms with Gasteiger partial charge in [-0.05, 0) is 59.9 Å². The van der Waals surface area contributed by atoms with Gasteiger partial charge in [0.15, 0.2) is 12.0 Å². The largest absolute Gasteiger partial charge is 0.573 e. The van der Waals surface area contributed by atoms with Gasteiger partial charge in [0.2, 0.25) is 4.80 Å². The summed E-state index contributed by atoms with van der Waals surface area (Å²) >= 11 is 1.27. The van der Waals surface area contributed by atoms with Crippen LogP contribution < -0.4 is 9.54 Å². The first-order valence-electron chi connectivity index (χ1n) is 13.5. The third-order valence-electron chi connectivity index (χ3n) is 6.55. The average molecular weight is 626 g/mol. The molecule has 0 N–H and O–H groups in total. The minimum Gasteiger partial charge on any atom is -0.444 e. The van der Waals surface area contributed by atoms with Gasteiger partial charge in [0.05, 0.1) is 11.4 Å². The predicted octanol–water partition coefficient (Wildman–Crippen LogP) is 7.87. The van der Waals surface area contributed by atoms with E-state index >= 15 is 0 Å². The van der Waals surface area contributed by atoms with Crippen LogP contribution in [0.2, 0.25) is 0 Å². The number of nitrogens with zero attached hydrogens (tertiary/aromatic N) is 5. The van der Waals surface area contributed by atoms with Crippen molar-refractivity contribution in [3.05, 3.63) is 106 Å². The molecule has 228 valence electrons. The van der Waals surface area contributed by atoms with E-state index in [2.05, 4.69) is 39.7 Å². The summed E-state index contributed by atoms with van der Waals surface area (Å²) in [6.07, 6.45) is -4.03. The molecule has 0 radical (unpaired) electrons. The molecule has 0 aliphatic carbocycles. The van der Waals surface area contributed by atoms with Gasteiger partial charge in [0.25, 0.3) is 0 Å². The van der Waals surface area contributed by atoms with Crippen LogP contribution >= 0.6 is 11.3 Å². The van der Waals surface area contributed by atoms with Crippen LogP contribution in [0.3, 0.4) is 0 Å². The number of carbonyl (C=O) groups is 1. The average Bonchev–Trinajstić information content (AvgIpc) is 3.66. The minimum absolute atomic E-state index is 0.255. The molecule has 8 nitrogen and oxygen atoms in total. The molecule has 0 aliphatic rings. The standard InChI is InChI=1S/C31H27F4N5O3S/c1-19(2)25-13-4-20(3)16-27(25)39-14-15-44-29(39)37-30(41)42-17-26(32)21-5-7-22(8-6-21)28-36-18-40(38-28)23-9-11-24(12-10-23)43-31(33,34)35/h4-16,18-19,26H,17H2,1-3H3. The molecular formula is C31H27F4N5O3S. The van der Waals surface area contributed by atoms with Crippen molar-refractivity contribution < 1.29 is 31.8 Å². The second kappa shape index (κ2) is 12.8. The van der Waals surface area contributed by atoms with Crippen molar-refractivity contribution in [1.29, 1.82) is 0 Å². The zero-order valence-corrected chi connectivity index (χ0v) is 24.6. The van der Waals surface area contributed by atoms with Crippen molar-refractivity contribution in [2.75, 3.05) is 6.61 Å². The van der Waals surface area contributed by atoms with Crippen molar-refractivity contribution in [2.24, 2.45) is 4.99 Å². The van der Waals surface area contributed by atoms with Gasteiger partial charge < -0.3 is 9.47 Å². The number of alkyl halides is 4. The van der Waals surface area contributed by atoms with Gasteiger partial charge in [-0.1, -0.05) is 50.2 Å². The predicted molar refractivity (Wildman–Crippen MR) is 157 cm³/mol. The second-order valence-electron chi connectivity index (χ2n) is 10.1. The van der Waals surface area contributed by atoms with Crippen molar-refractivity contribution >= 4 is 17.4 Å². The molecule has 13 heteroatoms. The summed E-state index contributed by atoms with van der Waals surface area (Å²) in [7, 11) is 0. The molecule has 2 aromatic heterocycles. The number of halogens is 4. The Morgan fingerprint density at radius 3 is 2.45 bits per heavy atom. The molecular weight excluding hydrogens is 598 g/mol. The number of ether oxygens (including phenoxy) is 2. The molecule has 0 bridgehead atoms. The molecule has 1 amide bonds. The quantitative estimate of drug-likeness (QED) is 0.164. The van der Waals surface area contributed by atoms with E-state index < -0.39 is 25.2 Å². The maximum absolute atomic E-state index is 15.0. The van der Waals surface area contributed by atoms with Crippen molar-refractivity contribution in [1.82, 2.24) is 19.3 Å². The maximum atomic E-state index is 15.0.